The number of hydrogen-bond acceptors (Lipinski definition) is 4. The van der Waals surface area contributed by atoms with Gasteiger partial charge in [-0.15, -0.1) is 0 Å². The summed E-state index contributed by atoms with van der Waals surface area (Å²) >= 11 is 0. The third kappa shape index (κ3) is 3.19. The SMILES string of the molecule is CCOC(=O)C(O)C(O)C(C)C. The van der Waals surface area contributed by atoms with Crippen molar-refractivity contribution in [2.45, 2.75) is 33.0 Å². The lowest BCUT2D eigenvalue weighted by Crippen LogP contribution is -2.38. The molecule has 0 radical (unpaired) electrons. The number of hydrogen-bond donors (Lipinski definition) is 2. The number of aliphatic hydroxyl groups excluding tert-OH is 2. The van der Waals surface area contributed by atoms with Gasteiger partial charge in [0.2, 0.25) is 0 Å². The van der Waals surface area contributed by atoms with Crippen LogP contribution >= 0.6 is 0 Å². The minimum Gasteiger partial charge on any atom is -0.464 e. The second kappa shape index (κ2) is 5.11. The first-order valence-electron chi connectivity index (χ1n) is 4.03. The van der Waals surface area contributed by atoms with Gasteiger partial charge in [0.15, 0.2) is 6.10 Å². The number of carbonyl (C=O) groups is 1. The molecule has 0 aromatic rings. The molecule has 0 aliphatic heterocycles. The van der Waals surface area contributed by atoms with Crippen molar-refractivity contribution in [1.82, 2.24) is 0 Å². The van der Waals surface area contributed by atoms with Crippen molar-refractivity contribution in [3.8, 4) is 0 Å². The van der Waals surface area contributed by atoms with Crippen molar-refractivity contribution in [2.75, 3.05) is 6.61 Å². The molecule has 0 bridgehead atoms. The van der Waals surface area contributed by atoms with E-state index in [2.05, 4.69) is 4.74 Å². The molecule has 2 unspecified atom stereocenters. The topological polar surface area (TPSA) is 66.8 Å². The van der Waals surface area contributed by atoms with E-state index in [0.717, 1.165) is 0 Å². The zero-order chi connectivity index (χ0) is 9.72. The predicted octanol–water partition coefficient (Wildman–Crippen LogP) is -0.0727. The molecule has 0 saturated carbocycles. The first-order valence-corrected chi connectivity index (χ1v) is 4.03. The highest BCUT2D eigenvalue weighted by atomic mass is 16.5. The summed E-state index contributed by atoms with van der Waals surface area (Å²) in [5.41, 5.74) is 0. The second-order valence-electron chi connectivity index (χ2n) is 2.93. The van der Waals surface area contributed by atoms with Crippen molar-refractivity contribution in [3.05, 3.63) is 0 Å². The highest BCUT2D eigenvalue weighted by Gasteiger charge is 2.27. The smallest absolute Gasteiger partial charge is 0.337 e. The zero-order valence-corrected chi connectivity index (χ0v) is 7.65. The standard InChI is InChI=1S/C8H16O4/c1-4-12-8(11)7(10)6(9)5(2)3/h5-7,9-10H,4H2,1-3H3. The van der Waals surface area contributed by atoms with Crippen molar-refractivity contribution in [1.29, 1.82) is 0 Å². The number of esters is 1. The Morgan fingerprint density at radius 1 is 1.42 bits per heavy atom. The fourth-order valence-electron chi connectivity index (χ4n) is 0.732. The van der Waals surface area contributed by atoms with Crippen LogP contribution in [-0.4, -0.2) is 35.0 Å². The highest BCUT2D eigenvalue weighted by Crippen LogP contribution is 2.07. The Morgan fingerprint density at radius 3 is 2.25 bits per heavy atom. The van der Waals surface area contributed by atoms with Gasteiger partial charge in [-0.3, -0.25) is 0 Å². The van der Waals surface area contributed by atoms with Gasteiger partial charge in [-0.2, -0.15) is 0 Å². The molecule has 0 saturated heterocycles. The number of aliphatic hydroxyl groups is 2. The van der Waals surface area contributed by atoms with Crippen molar-refractivity contribution >= 4 is 5.97 Å². The molecule has 0 aromatic carbocycles. The summed E-state index contributed by atoms with van der Waals surface area (Å²) in [5, 5.41) is 18.4. The molecule has 0 spiro atoms. The molecule has 2 atom stereocenters. The summed E-state index contributed by atoms with van der Waals surface area (Å²) in [5.74, 6) is -0.928. The molecular weight excluding hydrogens is 160 g/mol. The molecule has 0 rings (SSSR count). The van der Waals surface area contributed by atoms with Crippen LogP contribution in [0.25, 0.3) is 0 Å². The lowest BCUT2D eigenvalue weighted by atomic mass is 10.0. The van der Waals surface area contributed by atoms with Crippen LogP contribution in [0.3, 0.4) is 0 Å². The van der Waals surface area contributed by atoms with E-state index < -0.39 is 18.2 Å². The van der Waals surface area contributed by atoms with Gasteiger partial charge < -0.3 is 14.9 Å². The minimum atomic E-state index is -1.43. The molecule has 72 valence electrons. The maximum Gasteiger partial charge on any atom is 0.337 e. The highest BCUT2D eigenvalue weighted by molar-refractivity contribution is 5.75. The van der Waals surface area contributed by atoms with E-state index in [1.807, 2.05) is 0 Å². The van der Waals surface area contributed by atoms with Crippen molar-refractivity contribution in [2.24, 2.45) is 5.92 Å². The van der Waals surface area contributed by atoms with E-state index in [1.165, 1.54) is 0 Å². The Labute approximate surface area is 72.2 Å². The van der Waals surface area contributed by atoms with Gasteiger partial charge in [-0.1, -0.05) is 13.8 Å². The lowest BCUT2D eigenvalue weighted by Gasteiger charge is -2.18. The average molecular weight is 176 g/mol. The van der Waals surface area contributed by atoms with E-state index in [-0.39, 0.29) is 12.5 Å². The molecule has 0 fully saturated rings. The van der Waals surface area contributed by atoms with E-state index >= 15 is 0 Å². The quantitative estimate of drug-likeness (QED) is 0.588. The molecule has 0 amide bonds. The summed E-state index contributed by atoms with van der Waals surface area (Å²) in [6.45, 7) is 5.29. The zero-order valence-electron chi connectivity index (χ0n) is 7.65. The Hall–Kier alpha value is -0.610. The number of ether oxygens (including phenoxy) is 1. The largest absolute Gasteiger partial charge is 0.464 e. The minimum absolute atomic E-state index is 0.163. The van der Waals surface area contributed by atoms with Crippen LogP contribution in [-0.2, 0) is 9.53 Å². The Kier molecular flexibility index (Phi) is 4.85. The van der Waals surface area contributed by atoms with Gasteiger partial charge in [0.25, 0.3) is 0 Å². The fraction of sp³-hybridized carbons (Fsp3) is 0.875. The summed E-state index contributed by atoms with van der Waals surface area (Å²) in [7, 11) is 0. The van der Waals surface area contributed by atoms with Crippen LogP contribution in [0.4, 0.5) is 0 Å². The maximum atomic E-state index is 10.9. The van der Waals surface area contributed by atoms with E-state index in [1.54, 1.807) is 20.8 Å². The molecule has 0 aliphatic carbocycles. The van der Waals surface area contributed by atoms with E-state index in [9.17, 15) is 9.90 Å². The molecule has 0 aromatic heterocycles. The van der Waals surface area contributed by atoms with Crippen LogP contribution in [0.15, 0.2) is 0 Å². The maximum absolute atomic E-state index is 10.9. The monoisotopic (exact) mass is 176 g/mol. The summed E-state index contributed by atoms with van der Waals surface area (Å²) in [4.78, 5) is 10.9. The van der Waals surface area contributed by atoms with Crippen molar-refractivity contribution in [3.63, 3.8) is 0 Å². The molecule has 0 heterocycles. The Balaban J connectivity index is 4.00. The van der Waals surface area contributed by atoms with Gasteiger partial charge >= 0.3 is 5.97 Å². The average Bonchev–Trinajstić information content (AvgIpc) is 2.02. The van der Waals surface area contributed by atoms with E-state index in [0.29, 0.717) is 0 Å². The van der Waals surface area contributed by atoms with Gasteiger partial charge in [0, 0.05) is 0 Å². The summed E-state index contributed by atoms with van der Waals surface area (Å²) in [6, 6.07) is 0. The fourth-order valence-corrected chi connectivity index (χ4v) is 0.732. The summed E-state index contributed by atoms with van der Waals surface area (Å²) < 4.78 is 4.53. The first kappa shape index (κ1) is 11.4. The van der Waals surface area contributed by atoms with Crippen molar-refractivity contribution < 1.29 is 19.7 Å². The predicted molar refractivity (Wildman–Crippen MR) is 43.5 cm³/mol. The van der Waals surface area contributed by atoms with E-state index in [4.69, 9.17) is 5.11 Å². The van der Waals surface area contributed by atoms with Crippen LogP contribution in [0.1, 0.15) is 20.8 Å². The Morgan fingerprint density at radius 2 is 1.92 bits per heavy atom. The van der Waals surface area contributed by atoms with Gasteiger partial charge in [-0.05, 0) is 12.8 Å². The van der Waals surface area contributed by atoms with Gasteiger partial charge in [0.1, 0.15) is 0 Å². The first-order chi connectivity index (χ1) is 5.50. The normalized spacial score (nSPS) is 15.8. The Bertz CT molecular complexity index is 144. The van der Waals surface area contributed by atoms with Crippen LogP contribution in [0.5, 0.6) is 0 Å². The summed E-state index contributed by atoms with van der Waals surface area (Å²) in [6.07, 6.45) is -2.48. The number of rotatable bonds is 4. The van der Waals surface area contributed by atoms with Crippen LogP contribution in [0, 0.1) is 5.92 Å². The molecule has 4 heteroatoms. The van der Waals surface area contributed by atoms with Gasteiger partial charge in [-0.25, -0.2) is 4.79 Å². The number of carbonyl (C=O) groups excluding carboxylic acids is 1. The second-order valence-corrected chi connectivity index (χ2v) is 2.93. The molecule has 12 heavy (non-hydrogen) atoms. The molecular formula is C8H16O4. The molecule has 4 nitrogen and oxygen atoms in total. The third-order valence-corrected chi connectivity index (χ3v) is 1.53. The third-order valence-electron chi connectivity index (χ3n) is 1.53. The lowest BCUT2D eigenvalue weighted by molar-refractivity contribution is -0.160. The molecule has 2 N–H and O–H groups in total. The van der Waals surface area contributed by atoms with Gasteiger partial charge in [0.05, 0.1) is 12.7 Å². The van der Waals surface area contributed by atoms with Crippen LogP contribution in [0.2, 0.25) is 0 Å². The molecule has 0 aliphatic rings. The van der Waals surface area contributed by atoms with Crippen LogP contribution < -0.4 is 0 Å².